The van der Waals surface area contributed by atoms with Crippen LogP contribution in [-0.4, -0.2) is 17.1 Å². The summed E-state index contributed by atoms with van der Waals surface area (Å²) in [4.78, 5) is 16.7. The number of aliphatic imine (C=N–C) groups is 1. The van der Waals surface area contributed by atoms with Crippen LogP contribution in [0.3, 0.4) is 0 Å². The average Bonchev–Trinajstić information content (AvgIpc) is 2.63. The molecule has 0 atom stereocenters. The predicted octanol–water partition coefficient (Wildman–Crippen LogP) is 5.14. The van der Waals surface area contributed by atoms with Crippen LogP contribution in [0.15, 0.2) is 82.3 Å². The number of carbonyl (C=O) groups excluding carboxylic acids is 1. The fourth-order valence-corrected chi connectivity index (χ4v) is 2.61. The van der Waals surface area contributed by atoms with Gasteiger partial charge in [0.15, 0.2) is 5.78 Å². The van der Waals surface area contributed by atoms with E-state index in [0.717, 1.165) is 4.47 Å². The quantitative estimate of drug-likeness (QED) is 0.504. The third-order valence-electron chi connectivity index (χ3n) is 3.51. The van der Waals surface area contributed by atoms with Gasteiger partial charge in [-0.05, 0) is 42.5 Å². The van der Waals surface area contributed by atoms with Gasteiger partial charge < -0.3 is 5.11 Å². The van der Waals surface area contributed by atoms with Crippen LogP contribution in [0.2, 0.25) is 0 Å². The van der Waals surface area contributed by atoms with E-state index in [1.807, 2.05) is 18.2 Å². The molecule has 24 heavy (non-hydrogen) atoms. The molecule has 0 aliphatic rings. The average molecular weight is 380 g/mol. The molecule has 0 fully saturated rings. The maximum Gasteiger partial charge on any atom is 0.193 e. The monoisotopic (exact) mass is 379 g/mol. The first kappa shape index (κ1) is 16.1. The zero-order valence-corrected chi connectivity index (χ0v) is 14.3. The van der Waals surface area contributed by atoms with Crippen molar-refractivity contribution >= 4 is 33.6 Å². The van der Waals surface area contributed by atoms with Crippen molar-refractivity contribution in [3.63, 3.8) is 0 Å². The summed E-state index contributed by atoms with van der Waals surface area (Å²) >= 11 is 3.36. The highest BCUT2D eigenvalue weighted by atomic mass is 79.9. The Hall–Kier alpha value is -2.72. The van der Waals surface area contributed by atoms with Gasteiger partial charge in [0.2, 0.25) is 0 Å². The van der Waals surface area contributed by atoms with Crippen molar-refractivity contribution in [2.75, 3.05) is 0 Å². The second kappa shape index (κ2) is 7.23. The molecule has 0 saturated carbocycles. The number of hydrogen-bond donors (Lipinski definition) is 1. The van der Waals surface area contributed by atoms with Crippen LogP contribution >= 0.6 is 15.9 Å². The number of hydrogen-bond acceptors (Lipinski definition) is 3. The van der Waals surface area contributed by atoms with Crippen molar-refractivity contribution in [1.29, 1.82) is 0 Å². The number of aromatic hydroxyl groups is 1. The molecule has 0 amide bonds. The highest BCUT2D eigenvalue weighted by molar-refractivity contribution is 9.10. The third-order valence-corrected chi connectivity index (χ3v) is 4.00. The van der Waals surface area contributed by atoms with E-state index in [1.165, 1.54) is 0 Å². The minimum absolute atomic E-state index is 0.0178. The van der Waals surface area contributed by atoms with E-state index < -0.39 is 0 Å². The molecule has 3 aromatic rings. The summed E-state index contributed by atoms with van der Waals surface area (Å²) in [5.41, 5.74) is 2.60. The third kappa shape index (κ3) is 3.78. The number of ketones is 1. The lowest BCUT2D eigenvalue weighted by Crippen LogP contribution is -2.00. The van der Waals surface area contributed by atoms with Crippen LogP contribution in [0.5, 0.6) is 5.75 Å². The first-order valence-corrected chi connectivity index (χ1v) is 8.15. The van der Waals surface area contributed by atoms with Crippen LogP contribution < -0.4 is 0 Å². The molecule has 4 heteroatoms. The first-order chi connectivity index (χ1) is 11.6. The van der Waals surface area contributed by atoms with Crippen molar-refractivity contribution in [2.45, 2.75) is 0 Å². The van der Waals surface area contributed by atoms with Gasteiger partial charge in [0.05, 0.1) is 5.69 Å². The lowest BCUT2D eigenvalue weighted by Gasteiger charge is -2.02. The molecular formula is C20H14BrNO2. The molecule has 0 aromatic heterocycles. The van der Waals surface area contributed by atoms with Crippen LogP contribution in [-0.2, 0) is 0 Å². The van der Waals surface area contributed by atoms with Crippen LogP contribution in [0.1, 0.15) is 21.5 Å². The predicted molar refractivity (Wildman–Crippen MR) is 99.4 cm³/mol. The summed E-state index contributed by atoms with van der Waals surface area (Å²) in [5, 5.41) is 9.80. The fraction of sp³-hybridized carbons (Fsp3) is 0. The Labute approximate surface area is 148 Å². The number of carbonyl (C=O) groups is 1. The van der Waals surface area contributed by atoms with Crippen molar-refractivity contribution in [3.8, 4) is 5.75 Å². The Balaban J connectivity index is 1.79. The Kier molecular flexibility index (Phi) is 4.87. The number of halogens is 1. The number of rotatable bonds is 4. The van der Waals surface area contributed by atoms with E-state index in [9.17, 15) is 9.90 Å². The number of phenolic OH excluding ortho intramolecular Hbond substituents is 1. The van der Waals surface area contributed by atoms with E-state index >= 15 is 0 Å². The standard InChI is InChI=1S/C20H14BrNO2/c21-17-8-11-19(23)16(12-17)13-22-18-9-6-15(7-10-18)20(24)14-4-2-1-3-5-14/h1-13,23H. The van der Waals surface area contributed by atoms with Crippen molar-refractivity contribution in [2.24, 2.45) is 4.99 Å². The summed E-state index contributed by atoms with van der Waals surface area (Å²) in [5.74, 6) is 0.147. The molecule has 3 nitrogen and oxygen atoms in total. The molecule has 0 radical (unpaired) electrons. The maximum atomic E-state index is 12.3. The molecule has 0 saturated heterocycles. The molecular weight excluding hydrogens is 366 g/mol. The Morgan fingerprint density at radius 1 is 0.917 bits per heavy atom. The van der Waals surface area contributed by atoms with Gasteiger partial charge in [0.25, 0.3) is 0 Å². The van der Waals surface area contributed by atoms with Crippen LogP contribution in [0.25, 0.3) is 0 Å². The van der Waals surface area contributed by atoms with Gasteiger partial charge >= 0.3 is 0 Å². The van der Waals surface area contributed by atoms with E-state index in [2.05, 4.69) is 20.9 Å². The molecule has 0 spiro atoms. The Morgan fingerprint density at radius 3 is 2.29 bits per heavy atom. The molecule has 3 aromatic carbocycles. The maximum absolute atomic E-state index is 12.3. The van der Waals surface area contributed by atoms with Gasteiger partial charge in [-0.25, -0.2) is 0 Å². The zero-order valence-electron chi connectivity index (χ0n) is 12.7. The van der Waals surface area contributed by atoms with E-state index in [0.29, 0.717) is 22.4 Å². The van der Waals surface area contributed by atoms with Gasteiger partial charge in [-0.1, -0.05) is 46.3 Å². The SMILES string of the molecule is O=C(c1ccccc1)c1ccc(N=Cc2cc(Br)ccc2O)cc1. The zero-order chi connectivity index (χ0) is 16.9. The smallest absolute Gasteiger partial charge is 0.193 e. The van der Waals surface area contributed by atoms with Gasteiger partial charge in [-0.15, -0.1) is 0 Å². The molecule has 0 bridgehead atoms. The van der Waals surface area contributed by atoms with E-state index in [4.69, 9.17) is 0 Å². The molecule has 0 aliphatic carbocycles. The summed E-state index contributed by atoms with van der Waals surface area (Å²) in [6, 6.07) is 21.4. The van der Waals surface area contributed by atoms with E-state index in [-0.39, 0.29) is 11.5 Å². The van der Waals surface area contributed by atoms with Gasteiger partial charge in [-0.3, -0.25) is 9.79 Å². The Bertz CT molecular complexity index is 887. The largest absolute Gasteiger partial charge is 0.507 e. The molecule has 0 heterocycles. The first-order valence-electron chi connectivity index (χ1n) is 7.36. The van der Waals surface area contributed by atoms with Crippen molar-refractivity contribution < 1.29 is 9.90 Å². The second-order valence-corrected chi connectivity index (χ2v) is 6.12. The normalized spacial score (nSPS) is 10.9. The fourth-order valence-electron chi connectivity index (χ4n) is 2.23. The molecule has 118 valence electrons. The molecule has 3 rings (SSSR count). The summed E-state index contributed by atoms with van der Waals surface area (Å²) in [6.07, 6.45) is 1.59. The summed E-state index contributed by atoms with van der Waals surface area (Å²) in [6.45, 7) is 0. The lowest BCUT2D eigenvalue weighted by atomic mass is 10.0. The number of benzene rings is 3. The van der Waals surface area contributed by atoms with Gasteiger partial charge in [-0.2, -0.15) is 0 Å². The van der Waals surface area contributed by atoms with Crippen molar-refractivity contribution in [1.82, 2.24) is 0 Å². The minimum atomic E-state index is -0.0178. The molecule has 0 unspecified atom stereocenters. The van der Waals surface area contributed by atoms with Crippen LogP contribution in [0, 0.1) is 0 Å². The molecule has 0 aliphatic heterocycles. The minimum Gasteiger partial charge on any atom is -0.507 e. The highest BCUT2D eigenvalue weighted by Crippen LogP contribution is 2.22. The second-order valence-electron chi connectivity index (χ2n) is 5.20. The summed E-state index contributed by atoms with van der Waals surface area (Å²) in [7, 11) is 0. The highest BCUT2D eigenvalue weighted by Gasteiger charge is 2.07. The topological polar surface area (TPSA) is 49.7 Å². The number of nitrogens with zero attached hydrogens (tertiary/aromatic N) is 1. The van der Waals surface area contributed by atoms with Gasteiger partial charge in [0.1, 0.15) is 5.75 Å². The Morgan fingerprint density at radius 2 is 1.58 bits per heavy atom. The van der Waals surface area contributed by atoms with Gasteiger partial charge in [0, 0.05) is 27.4 Å². The lowest BCUT2D eigenvalue weighted by molar-refractivity contribution is 0.103. The van der Waals surface area contributed by atoms with Crippen molar-refractivity contribution in [3.05, 3.63) is 94.0 Å². The summed E-state index contributed by atoms with van der Waals surface area (Å²) < 4.78 is 0.866. The van der Waals surface area contributed by atoms with E-state index in [1.54, 1.807) is 60.8 Å². The van der Waals surface area contributed by atoms with Crippen LogP contribution in [0.4, 0.5) is 5.69 Å². The molecule has 1 N–H and O–H groups in total. The number of phenols is 1.